The Kier molecular flexibility index (Phi) is 12.8. The van der Waals surface area contributed by atoms with Gasteiger partial charge in [-0.15, -0.1) is 40.9 Å². The van der Waals surface area contributed by atoms with Crippen LogP contribution in [0.1, 0.15) is 94.4 Å². The van der Waals surface area contributed by atoms with Crippen LogP contribution in [0.15, 0.2) is 75.3 Å². The molecule has 26 nitrogen and oxygen atoms in total. The SMILES string of the molecule is CC(C)(C)c1nn(-c2nc(O)nc(-n3nc(C(C)(C)C)c(N=Nc4nnc(Sc5ccc(C(=O)O)c(C(=O)O)c5)s4)c3N)n2)c(N)c1N=Nc1nnc(Sc2ccc(C(=O)O)c(C(=O)O)c2)s1. The minimum atomic E-state index is -1.40. The van der Waals surface area contributed by atoms with Crippen LogP contribution in [0.3, 0.4) is 0 Å². The maximum atomic E-state index is 11.7. The van der Waals surface area contributed by atoms with Crippen LogP contribution >= 0.6 is 46.2 Å². The number of carboxylic acids is 4. The first-order valence-corrected chi connectivity index (χ1v) is 22.1. The highest BCUT2D eigenvalue weighted by Gasteiger charge is 2.31. The van der Waals surface area contributed by atoms with E-state index in [0.717, 1.165) is 55.6 Å². The summed E-state index contributed by atoms with van der Waals surface area (Å²) in [6.07, 6.45) is 0. The topological polar surface area (TPSA) is 397 Å². The number of azo groups is 2. The number of hydrogen-bond acceptors (Lipinski definition) is 24. The van der Waals surface area contributed by atoms with E-state index in [2.05, 4.69) is 66.0 Å². The van der Waals surface area contributed by atoms with Crippen molar-refractivity contribution in [2.24, 2.45) is 20.5 Å². The summed E-state index contributed by atoms with van der Waals surface area (Å²) in [7, 11) is 0. The molecule has 0 aliphatic carbocycles. The fourth-order valence-electron chi connectivity index (χ4n) is 5.75. The molecule has 0 saturated carbocycles. The van der Waals surface area contributed by atoms with E-state index in [1.807, 2.05) is 41.5 Å². The lowest BCUT2D eigenvalue weighted by molar-refractivity contribution is 0.0651. The van der Waals surface area contributed by atoms with Crippen molar-refractivity contribution >= 4 is 103 Å². The lowest BCUT2D eigenvalue weighted by Gasteiger charge is -2.15. The van der Waals surface area contributed by atoms with E-state index in [1.54, 1.807) is 0 Å². The Labute approximate surface area is 392 Å². The average Bonchev–Trinajstić information content (AvgIpc) is 4.04. The van der Waals surface area contributed by atoms with E-state index in [-0.39, 0.29) is 67.4 Å². The maximum Gasteiger partial charge on any atom is 0.336 e. The Morgan fingerprint density at radius 2 is 0.940 bits per heavy atom. The number of aromatic carboxylic acids is 4. The van der Waals surface area contributed by atoms with Gasteiger partial charge in [0, 0.05) is 20.6 Å². The fourth-order valence-corrected chi connectivity index (χ4v) is 9.10. The van der Waals surface area contributed by atoms with Gasteiger partial charge in [0.2, 0.25) is 0 Å². The quantitative estimate of drug-likeness (QED) is 0.0524. The second-order valence-corrected chi connectivity index (χ2v) is 20.2. The van der Waals surface area contributed by atoms with Crippen LogP contribution in [0.2, 0.25) is 0 Å². The summed E-state index contributed by atoms with van der Waals surface area (Å²) in [5.41, 5.74) is 11.3. The molecular weight excluding hydrogens is 955 g/mol. The highest BCUT2D eigenvalue weighted by Crippen LogP contribution is 2.41. The van der Waals surface area contributed by atoms with Crippen molar-refractivity contribution in [1.29, 1.82) is 0 Å². The van der Waals surface area contributed by atoms with Crippen molar-refractivity contribution in [1.82, 2.24) is 54.9 Å². The Balaban J connectivity index is 1.17. The van der Waals surface area contributed by atoms with E-state index in [0.29, 0.717) is 29.9 Å². The second kappa shape index (κ2) is 18.2. The Hall–Kier alpha value is -7.83. The molecule has 344 valence electrons. The number of aromatic nitrogens is 11. The number of rotatable bonds is 14. The zero-order valence-corrected chi connectivity index (χ0v) is 38.6. The van der Waals surface area contributed by atoms with Gasteiger partial charge in [0.05, 0.1) is 33.6 Å². The van der Waals surface area contributed by atoms with Gasteiger partial charge in [-0.1, -0.05) is 87.7 Å². The summed E-state index contributed by atoms with van der Waals surface area (Å²) in [5, 5.41) is 91.3. The zero-order chi connectivity index (χ0) is 48.7. The molecule has 0 unspecified atom stereocenters. The number of carboxylic acid groups (broad SMARTS) is 4. The molecule has 0 amide bonds. The van der Waals surface area contributed by atoms with Crippen LogP contribution in [0.25, 0.3) is 11.9 Å². The van der Waals surface area contributed by atoms with Crippen molar-refractivity contribution in [3.05, 3.63) is 70.0 Å². The number of nitrogen functional groups attached to an aromatic ring is 2. The minimum absolute atomic E-state index is 0.0865. The van der Waals surface area contributed by atoms with Gasteiger partial charge in [0.15, 0.2) is 31.7 Å². The van der Waals surface area contributed by atoms with Crippen molar-refractivity contribution in [3.8, 4) is 17.9 Å². The number of carbonyl (C=O) groups is 4. The van der Waals surface area contributed by atoms with E-state index in [1.165, 1.54) is 36.4 Å². The number of nitrogens with two attached hydrogens (primary N) is 2. The largest absolute Gasteiger partial charge is 0.479 e. The molecule has 0 fully saturated rings. The third kappa shape index (κ3) is 10.2. The molecule has 0 aliphatic rings. The maximum absolute atomic E-state index is 11.7. The van der Waals surface area contributed by atoms with E-state index >= 15 is 0 Å². The molecule has 5 aromatic heterocycles. The number of aromatic hydroxyl groups is 1. The predicted octanol–water partition coefficient (Wildman–Crippen LogP) is 7.34. The van der Waals surface area contributed by atoms with E-state index in [4.69, 9.17) is 11.5 Å². The lowest BCUT2D eigenvalue weighted by atomic mass is 9.91. The molecule has 0 aliphatic heterocycles. The number of benzene rings is 2. The fraction of sp³-hybridized carbons (Fsp3) is 0.216. The number of anilines is 2. The van der Waals surface area contributed by atoms with E-state index in [9.17, 15) is 44.7 Å². The van der Waals surface area contributed by atoms with Crippen molar-refractivity contribution < 1.29 is 44.7 Å². The first-order valence-electron chi connectivity index (χ1n) is 18.8. The summed E-state index contributed by atoms with van der Waals surface area (Å²) >= 11 is 4.12. The molecule has 30 heteroatoms. The molecule has 7 rings (SSSR count). The first kappa shape index (κ1) is 47.1. The summed E-state index contributed by atoms with van der Waals surface area (Å²) in [6.45, 7) is 11.1. The second-order valence-electron chi connectivity index (χ2n) is 15.7. The van der Waals surface area contributed by atoms with Gasteiger partial charge in [-0.2, -0.15) is 34.5 Å². The molecule has 0 saturated heterocycles. The van der Waals surface area contributed by atoms with Crippen LogP contribution in [-0.2, 0) is 10.8 Å². The monoisotopic (exact) mass is 987 g/mol. The molecule has 5 heterocycles. The van der Waals surface area contributed by atoms with Gasteiger partial charge in [0.1, 0.15) is 0 Å². The Bertz CT molecular complexity index is 3000. The normalized spacial score (nSPS) is 12.1. The van der Waals surface area contributed by atoms with Crippen LogP contribution in [0.5, 0.6) is 6.01 Å². The lowest BCUT2D eigenvalue weighted by Crippen LogP contribution is -2.16. The van der Waals surface area contributed by atoms with Gasteiger partial charge >= 0.3 is 29.9 Å². The highest BCUT2D eigenvalue weighted by atomic mass is 32.2. The molecular formula is C37H33N17O9S4. The van der Waals surface area contributed by atoms with Crippen LogP contribution in [0, 0.1) is 0 Å². The van der Waals surface area contributed by atoms with Crippen molar-refractivity contribution in [2.45, 2.75) is 70.8 Å². The predicted molar refractivity (Wildman–Crippen MR) is 239 cm³/mol. The number of hydrogen-bond donors (Lipinski definition) is 7. The molecule has 0 bridgehead atoms. The standard InChI is InChI=1S/C37H33N17O9S4/c1-36(2,3)21-19(43-45-32-47-49-34(66-32)64-13-7-9-15(25(55)56)17(11-13)27(59)60)23(38)53(51-21)29-40-30(42-31(63)41-29)54-24(39)20(22(52-54)37(4,5)6)44-46-33-48-50-35(67-33)65-14-8-10-16(26(57)58)18(12-14)28(61)62/h7-12H,38-39H2,1-6H3,(H,55,56)(H,57,58)(H,59,60)(H,61,62)(H,40,41,42,63). The molecule has 0 radical (unpaired) electrons. The average molecular weight is 988 g/mol. The summed E-state index contributed by atoms with van der Waals surface area (Å²) < 4.78 is 2.96. The zero-order valence-electron chi connectivity index (χ0n) is 35.3. The molecule has 0 spiro atoms. The van der Waals surface area contributed by atoms with Crippen LogP contribution < -0.4 is 11.5 Å². The molecule has 67 heavy (non-hydrogen) atoms. The first-order chi connectivity index (χ1) is 31.5. The Morgan fingerprint density at radius 3 is 1.28 bits per heavy atom. The third-order valence-electron chi connectivity index (χ3n) is 8.77. The van der Waals surface area contributed by atoms with Crippen molar-refractivity contribution in [3.63, 3.8) is 0 Å². The minimum Gasteiger partial charge on any atom is -0.479 e. The van der Waals surface area contributed by atoms with Gasteiger partial charge in [0.25, 0.3) is 22.2 Å². The number of nitrogens with zero attached hydrogens (tertiary/aromatic N) is 15. The van der Waals surface area contributed by atoms with Gasteiger partial charge in [-0.25, -0.2) is 19.2 Å². The van der Waals surface area contributed by atoms with E-state index < -0.39 is 40.7 Å². The van der Waals surface area contributed by atoms with Crippen LogP contribution in [0.4, 0.5) is 33.3 Å². The molecule has 0 atom stereocenters. The third-order valence-corrected chi connectivity index (χ3v) is 12.5. The Morgan fingerprint density at radius 1 is 0.567 bits per heavy atom. The van der Waals surface area contributed by atoms with Gasteiger partial charge < -0.3 is 37.0 Å². The summed E-state index contributed by atoms with van der Waals surface area (Å²) in [5.74, 6) is -6.23. The summed E-state index contributed by atoms with van der Waals surface area (Å²) in [6, 6.07) is 6.97. The summed E-state index contributed by atoms with van der Waals surface area (Å²) in [4.78, 5) is 59.7. The van der Waals surface area contributed by atoms with Gasteiger partial charge in [-0.05, 0) is 36.4 Å². The molecule has 7 aromatic rings. The van der Waals surface area contributed by atoms with Gasteiger partial charge in [-0.3, -0.25) is 0 Å². The van der Waals surface area contributed by atoms with Crippen LogP contribution in [-0.4, -0.2) is 104 Å². The smallest absolute Gasteiger partial charge is 0.336 e. The highest BCUT2D eigenvalue weighted by molar-refractivity contribution is 8.01. The molecule has 2 aromatic carbocycles. The van der Waals surface area contributed by atoms with Crippen molar-refractivity contribution in [2.75, 3.05) is 11.5 Å². The molecule has 9 N–H and O–H groups in total.